The summed E-state index contributed by atoms with van der Waals surface area (Å²) in [5.74, 6) is 1.67. The first kappa shape index (κ1) is 19.5. The lowest BCUT2D eigenvalue weighted by Crippen LogP contribution is -2.50. The number of carbonyl (C=O) groups excluding carboxylic acids is 1. The van der Waals surface area contributed by atoms with E-state index in [1.807, 2.05) is 16.7 Å². The molecule has 0 N–H and O–H groups in total. The highest BCUT2D eigenvalue weighted by Crippen LogP contribution is 2.29. The fraction of sp³-hybridized carbons (Fsp3) is 0.611. The molecule has 1 aromatic rings. The SMILES string of the molecule is O=C(c1ccc(C(F)(F)F)cc1)N1CCCSC[C@@H]1CN1CCOCC1. The Morgan fingerprint density at radius 2 is 1.85 bits per heavy atom. The van der Waals surface area contributed by atoms with Gasteiger partial charge in [-0.2, -0.15) is 24.9 Å². The minimum Gasteiger partial charge on any atom is -0.379 e. The van der Waals surface area contributed by atoms with Gasteiger partial charge in [0.2, 0.25) is 0 Å². The Morgan fingerprint density at radius 3 is 2.50 bits per heavy atom. The predicted octanol–water partition coefficient (Wildman–Crippen LogP) is 2.99. The first-order valence-electron chi connectivity index (χ1n) is 8.81. The Balaban J connectivity index is 1.73. The summed E-state index contributed by atoms with van der Waals surface area (Å²) in [7, 11) is 0. The minimum atomic E-state index is -4.39. The van der Waals surface area contributed by atoms with E-state index in [-0.39, 0.29) is 11.9 Å². The molecule has 0 unspecified atom stereocenters. The lowest BCUT2D eigenvalue weighted by molar-refractivity contribution is -0.137. The number of carbonyl (C=O) groups is 1. The lowest BCUT2D eigenvalue weighted by Gasteiger charge is -2.35. The van der Waals surface area contributed by atoms with Crippen molar-refractivity contribution in [1.29, 1.82) is 0 Å². The van der Waals surface area contributed by atoms with Gasteiger partial charge in [-0.05, 0) is 36.4 Å². The summed E-state index contributed by atoms with van der Waals surface area (Å²) < 4.78 is 43.6. The fourth-order valence-electron chi connectivity index (χ4n) is 3.30. The fourth-order valence-corrected chi connectivity index (χ4v) is 4.35. The molecule has 4 nitrogen and oxygen atoms in total. The van der Waals surface area contributed by atoms with Crippen molar-refractivity contribution >= 4 is 17.7 Å². The van der Waals surface area contributed by atoms with Crippen LogP contribution in [0.25, 0.3) is 0 Å². The number of alkyl halides is 3. The zero-order chi connectivity index (χ0) is 18.6. The summed E-state index contributed by atoms with van der Waals surface area (Å²) >= 11 is 1.83. The van der Waals surface area contributed by atoms with Gasteiger partial charge < -0.3 is 9.64 Å². The second-order valence-corrected chi connectivity index (χ2v) is 7.72. The maximum atomic E-state index is 13.0. The smallest absolute Gasteiger partial charge is 0.379 e. The van der Waals surface area contributed by atoms with Crippen molar-refractivity contribution in [2.24, 2.45) is 0 Å². The van der Waals surface area contributed by atoms with Gasteiger partial charge in [0.1, 0.15) is 0 Å². The van der Waals surface area contributed by atoms with Gasteiger partial charge in [0.15, 0.2) is 0 Å². The van der Waals surface area contributed by atoms with Gasteiger partial charge in [-0.3, -0.25) is 9.69 Å². The molecule has 3 rings (SSSR count). The number of halogens is 3. The zero-order valence-electron chi connectivity index (χ0n) is 14.5. The zero-order valence-corrected chi connectivity index (χ0v) is 15.3. The Bertz CT molecular complexity index is 603. The summed E-state index contributed by atoms with van der Waals surface area (Å²) in [4.78, 5) is 17.1. The van der Waals surface area contributed by atoms with Crippen molar-refractivity contribution in [2.45, 2.75) is 18.6 Å². The molecule has 0 spiro atoms. The van der Waals surface area contributed by atoms with Crippen molar-refractivity contribution in [3.8, 4) is 0 Å². The topological polar surface area (TPSA) is 32.8 Å². The van der Waals surface area contributed by atoms with E-state index in [2.05, 4.69) is 4.90 Å². The van der Waals surface area contributed by atoms with Crippen LogP contribution in [0, 0.1) is 0 Å². The molecule has 1 atom stereocenters. The van der Waals surface area contributed by atoms with E-state index in [1.165, 1.54) is 12.1 Å². The van der Waals surface area contributed by atoms with Crippen molar-refractivity contribution in [2.75, 3.05) is 50.9 Å². The molecule has 144 valence electrons. The van der Waals surface area contributed by atoms with Crippen LogP contribution < -0.4 is 0 Å². The first-order chi connectivity index (χ1) is 12.4. The molecule has 1 aromatic carbocycles. The van der Waals surface area contributed by atoms with E-state index >= 15 is 0 Å². The minimum absolute atomic E-state index is 0.0652. The van der Waals surface area contributed by atoms with Crippen LogP contribution in [-0.2, 0) is 10.9 Å². The number of ether oxygens (including phenoxy) is 1. The van der Waals surface area contributed by atoms with Gasteiger partial charge >= 0.3 is 6.18 Å². The molecule has 0 aromatic heterocycles. The predicted molar refractivity (Wildman–Crippen MR) is 95.5 cm³/mol. The van der Waals surface area contributed by atoms with Crippen LogP contribution in [0.15, 0.2) is 24.3 Å². The molecule has 26 heavy (non-hydrogen) atoms. The van der Waals surface area contributed by atoms with Gasteiger partial charge in [0.25, 0.3) is 5.91 Å². The largest absolute Gasteiger partial charge is 0.416 e. The van der Waals surface area contributed by atoms with Gasteiger partial charge in [0, 0.05) is 37.5 Å². The van der Waals surface area contributed by atoms with E-state index in [0.29, 0.717) is 25.3 Å². The van der Waals surface area contributed by atoms with Crippen molar-refractivity contribution in [3.05, 3.63) is 35.4 Å². The highest BCUT2D eigenvalue weighted by Gasteiger charge is 2.32. The van der Waals surface area contributed by atoms with Gasteiger partial charge in [-0.15, -0.1) is 0 Å². The number of rotatable bonds is 3. The van der Waals surface area contributed by atoms with E-state index in [9.17, 15) is 18.0 Å². The second kappa shape index (κ2) is 8.63. The highest BCUT2D eigenvalue weighted by molar-refractivity contribution is 7.99. The van der Waals surface area contributed by atoms with Crippen LogP contribution in [0.4, 0.5) is 13.2 Å². The summed E-state index contributed by atoms with van der Waals surface area (Å²) in [6.07, 6.45) is -3.49. The van der Waals surface area contributed by atoms with Crippen LogP contribution in [0.1, 0.15) is 22.3 Å². The third kappa shape index (κ3) is 4.92. The van der Waals surface area contributed by atoms with Gasteiger partial charge in [0.05, 0.1) is 24.8 Å². The molecular weight excluding hydrogens is 365 g/mol. The summed E-state index contributed by atoms with van der Waals surface area (Å²) in [5, 5.41) is 0. The van der Waals surface area contributed by atoms with E-state index < -0.39 is 11.7 Å². The molecule has 8 heteroatoms. The van der Waals surface area contributed by atoms with Gasteiger partial charge in [-0.1, -0.05) is 0 Å². The number of nitrogens with zero attached hydrogens (tertiary/aromatic N) is 2. The quantitative estimate of drug-likeness (QED) is 0.797. The number of hydrogen-bond acceptors (Lipinski definition) is 4. The third-order valence-corrected chi connectivity index (χ3v) is 5.93. The van der Waals surface area contributed by atoms with Crippen LogP contribution in [0.3, 0.4) is 0 Å². The monoisotopic (exact) mass is 388 g/mol. The average molecular weight is 388 g/mol. The van der Waals surface area contributed by atoms with E-state index in [0.717, 1.165) is 49.7 Å². The second-order valence-electron chi connectivity index (χ2n) is 6.57. The molecule has 2 fully saturated rings. The van der Waals surface area contributed by atoms with Crippen molar-refractivity contribution in [3.63, 3.8) is 0 Å². The normalized spacial score (nSPS) is 22.9. The highest BCUT2D eigenvalue weighted by atomic mass is 32.2. The van der Waals surface area contributed by atoms with Gasteiger partial charge in [-0.25, -0.2) is 0 Å². The third-order valence-electron chi connectivity index (χ3n) is 4.73. The molecule has 2 heterocycles. The summed E-state index contributed by atoms with van der Waals surface area (Å²) in [6, 6.07) is 4.60. The molecule has 0 aliphatic carbocycles. The molecule has 2 aliphatic heterocycles. The van der Waals surface area contributed by atoms with Crippen LogP contribution in [-0.4, -0.2) is 72.6 Å². The molecule has 0 radical (unpaired) electrons. The Hall–Kier alpha value is -1.25. The molecule has 2 aliphatic rings. The Morgan fingerprint density at radius 1 is 1.15 bits per heavy atom. The number of amides is 1. The van der Waals surface area contributed by atoms with Crippen LogP contribution in [0.2, 0.25) is 0 Å². The molecule has 2 saturated heterocycles. The first-order valence-corrected chi connectivity index (χ1v) is 9.97. The van der Waals surface area contributed by atoms with Crippen LogP contribution >= 0.6 is 11.8 Å². The maximum Gasteiger partial charge on any atom is 0.416 e. The summed E-state index contributed by atoms with van der Waals surface area (Å²) in [6.45, 7) is 4.52. The number of benzene rings is 1. The maximum absolute atomic E-state index is 13.0. The number of thioether (sulfide) groups is 1. The van der Waals surface area contributed by atoms with E-state index in [4.69, 9.17) is 4.74 Å². The molecule has 0 bridgehead atoms. The van der Waals surface area contributed by atoms with Crippen molar-refractivity contribution < 1.29 is 22.7 Å². The summed E-state index contributed by atoms with van der Waals surface area (Å²) in [5.41, 5.74) is -0.415. The van der Waals surface area contributed by atoms with Crippen molar-refractivity contribution in [1.82, 2.24) is 9.80 Å². The Kier molecular flexibility index (Phi) is 6.47. The lowest BCUT2D eigenvalue weighted by atomic mass is 10.1. The number of morpholine rings is 1. The molecule has 1 amide bonds. The average Bonchev–Trinajstić information content (AvgIpc) is 2.87. The Labute approximate surface area is 155 Å². The molecule has 0 saturated carbocycles. The molecular formula is C18H23F3N2O2S. The van der Waals surface area contributed by atoms with Crippen LogP contribution in [0.5, 0.6) is 0 Å². The van der Waals surface area contributed by atoms with E-state index in [1.54, 1.807) is 0 Å². The number of hydrogen-bond donors (Lipinski definition) is 0. The standard InChI is InChI=1S/C18H23F3N2O2S/c19-18(20,21)15-4-2-14(3-5-15)17(24)23-6-1-11-26-13-16(23)12-22-7-9-25-10-8-22/h2-5,16H,1,6-13H2/t16-/m0/s1.